The zero-order valence-electron chi connectivity index (χ0n) is 21.7. The van der Waals surface area contributed by atoms with Crippen LogP contribution >= 0.6 is 0 Å². The predicted molar refractivity (Wildman–Crippen MR) is 144 cm³/mol. The molecule has 1 aliphatic rings. The maximum atomic E-state index is 13.7. The molecule has 1 aliphatic heterocycles. The Bertz CT molecular complexity index is 1630. The first-order valence-corrected chi connectivity index (χ1v) is 12.6. The lowest BCUT2D eigenvalue weighted by atomic mass is 9.94. The van der Waals surface area contributed by atoms with Gasteiger partial charge in [-0.3, -0.25) is 9.69 Å². The van der Waals surface area contributed by atoms with E-state index >= 15 is 0 Å². The molecule has 11 heteroatoms. The second kappa shape index (κ2) is 10.5. The van der Waals surface area contributed by atoms with Gasteiger partial charge in [-0.15, -0.1) is 0 Å². The van der Waals surface area contributed by atoms with Gasteiger partial charge in [-0.05, 0) is 54.4 Å². The van der Waals surface area contributed by atoms with E-state index in [-0.39, 0.29) is 53.7 Å². The number of hydrogen-bond donors (Lipinski definition) is 2. The van der Waals surface area contributed by atoms with Crippen molar-refractivity contribution in [2.24, 2.45) is 7.05 Å². The van der Waals surface area contributed by atoms with Crippen LogP contribution in [0.4, 0.5) is 14.5 Å². The molecule has 4 aromatic rings. The van der Waals surface area contributed by atoms with E-state index in [1.807, 2.05) is 6.92 Å². The maximum absolute atomic E-state index is 13.7. The van der Waals surface area contributed by atoms with Crippen molar-refractivity contribution in [3.05, 3.63) is 105 Å². The van der Waals surface area contributed by atoms with E-state index in [2.05, 4.69) is 9.88 Å². The van der Waals surface area contributed by atoms with Crippen molar-refractivity contribution in [3.8, 4) is 0 Å². The molecule has 1 fully saturated rings. The van der Waals surface area contributed by atoms with E-state index in [0.29, 0.717) is 12.1 Å². The van der Waals surface area contributed by atoms with E-state index < -0.39 is 23.1 Å². The van der Waals surface area contributed by atoms with Crippen molar-refractivity contribution in [2.45, 2.75) is 19.0 Å². The minimum Gasteiger partial charge on any atom is -0.477 e. The van der Waals surface area contributed by atoms with Crippen LogP contribution in [0.3, 0.4) is 0 Å². The number of aromatic nitrogens is 2. The summed E-state index contributed by atoms with van der Waals surface area (Å²) in [6, 6.07) is 14.3. The van der Waals surface area contributed by atoms with Crippen LogP contribution in [0, 0.1) is 11.6 Å². The highest BCUT2D eigenvalue weighted by atomic mass is 19.1. The summed E-state index contributed by atoms with van der Waals surface area (Å²) in [5.74, 6) is -3.48. The Morgan fingerprint density at radius 3 is 1.98 bits per heavy atom. The molecule has 0 saturated carbocycles. The van der Waals surface area contributed by atoms with Crippen LogP contribution in [0.25, 0.3) is 11.0 Å². The summed E-state index contributed by atoms with van der Waals surface area (Å²) in [6.07, 6.45) is 0. The standard InChI is InChI=1S/C29H26F2N4O5/c1-16-15-34(26-23(29(39)40)27(36)33(2)22-12-11-21(28(37)38)32-24(22)26)13-14-35(16)25(17-3-7-19(30)8-4-17)18-5-9-20(31)10-6-18/h3-12,16,25H,13-15H2,1-2H3,(H,37,38)(H,39,40)/t16-/m0/s1. The highest BCUT2D eigenvalue weighted by Crippen LogP contribution is 2.35. The van der Waals surface area contributed by atoms with Gasteiger partial charge < -0.3 is 19.7 Å². The van der Waals surface area contributed by atoms with Crippen molar-refractivity contribution in [1.29, 1.82) is 0 Å². The van der Waals surface area contributed by atoms with E-state index in [0.717, 1.165) is 15.7 Å². The van der Waals surface area contributed by atoms with E-state index in [1.165, 1.54) is 43.4 Å². The van der Waals surface area contributed by atoms with Crippen molar-refractivity contribution in [3.63, 3.8) is 0 Å². The molecule has 2 N–H and O–H groups in total. The number of anilines is 1. The van der Waals surface area contributed by atoms with Gasteiger partial charge in [0.1, 0.15) is 22.8 Å². The van der Waals surface area contributed by atoms with Gasteiger partial charge in [-0.2, -0.15) is 0 Å². The smallest absolute Gasteiger partial charge is 0.354 e. The lowest BCUT2D eigenvalue weighted by Crippen LogP contribution is -2.54. The second-order valence-corrected chi connectivity index (χ2v) is 9.80. The molecule has 0 spiro atoms. The van der Waals surface area contributed by atoms with E-state index in [9.17, 15) is 33.4 Å². The molecule has 0 bridgehead atoms. The Labute approximate surface area is 227 Å². The van der Waals surface area contributed by atoms with Crippen molar-refractivity contribution in [1.82, 2.24) is 14.5 Å². The number of pyridine rings is 2. The number of aromatic carboxylic acids is 2. The summed E-state index contributed by atoms with van der Waals surface area (Å²) in [5.41, 5.74) is 0.583. The number of carboxylic acid groups (broad SMARTS) is 2. The largest absolute Gasteiger partial charge is 0.477 e. The number of carbonyl (C=O) groups is 2. The molecule has 0 radical (unpaired) electrons. The van der Waals surface area contributed by atoms with Gasteiger partial charge in [0.05, 0.1) is 17.2 Å². The summed E-state index contributed by atoms with van der Waals surface area (Å²) >= 11 is 0. The Hall–Kier alpha value is -4.64. The van der Waals surface area contributed by atoms with Gasteiger partial charge in [0.25, 0.3) is 5.56 Å². The molecule has 40 heavy (non-hydrogen) atoms. The lowest BCUT2D eigenvalue weighted by Gasteiger charge is -2.45. The lowest BCUT2D eigenvalue weighted by molar-refractivity contribution is 0.0683. The maximum Gasteiger partial charge on any atom is 0.354 e. The highest BCUT2D eigenvalue weighted by Gasteiger charge is 2.35. The fourth-order valence-corrected chi connectivity index (χ4v) is 5.44. The monoisotopic (exact) mass is 548 g/mol. The van der Waals surface area contributed by atoms with Crippen LogP contribution in [0.5, 0.6) is 0 Å². The van der Waals surface area contributed by atoms with Gasteiger partial charge in [0, 0.05) is 32.7 Å². The molecule has 206 valence electrons. The van der Waals surface area contributed by atoms with Gasteiger partial charge in [0.15, 0.2) is 5.56 Å². The normalized spacial score (nSPS) is 16.0. The molecule has 2 aromatic carbocycles. The molecule has 0 aliphatic carbocycles. The minimum atomic E-state index is -1.44. The number of hydrogen-bond acceptors (Lipinski definition) is 6. The predicted octanol–water partition coefficient (Wildman–Crippen LogP) is 3.91. The van der Waals surface area contributed by atoms with Crippen molar-refractivity contribution < 1.29 is 28.6 Å². The molecule has 9 nitrogen and oxygen atoms in total. The summed E-state index contributed by atoms with van der Waals surface area (Å²) in [7, 11) is 1.42. The van der Waals surface area contributed by atoms with Crippen LogP contribution in [0.1, 0.15) is 44.9 Å². The summed E-state index contributed by atoms with van der Waals surface area (Å²) in [4.78, 5) is 45.3. The van der Waals surface area contributed by atoms with Crippen LogP contribution < -0.4 is 10.5 Å². The summed E-state index contributed by atoms with van der Waals surface area (Å²) < 4.78 is 28.6. The number of halogens is 2. The van der Waals surface area contributed by atoms with Gasteiger partial charge in [-0.1, -0.05) is 24.3 Å². The first-order chi connectivity index (χ1) is 19.1. The number of carboxylic acids is 2. The van der Waals surface area contributed by atoms with Crippen molar-refractivity contribution >= 4 is 28.7 Å². The molecule has 1 saturated heterocycles. The third kappa shape index (κ3) is 4.79. The van der Waals surface area contributed by atoms with Crippen LogP contribution in [-0.4, -0.2) is 62.3 Å². The number of rotatable bonds is 6. The number of nitrogens with zero attached hydrogens (tertiary/aromatic N) is 4. The van der Waals surface area contributed by atoms with Gasteiger partial charge in [0.2, 0.25) is 0 Å². The molecule has 0 unspecified atom stereocenters. The molecular weight excluding hydrogens is 522 g/mol. The first kappa shape index (κ1) is 26.9. The number of fused-ring (bicyclic) bond motifs is 1. The average Bonchev–Trinajstić information content (AvgIpc) is 2.93. The third-order valence-corrected chi connectivity index (χ3v) is 7.35. The quantitative estimate of drug-likeness (QED) is 0.373. The highest BCUT2D eigenvalue weighted by molar-refractivity contribution is 6.04. The van der Waals surface area contributed by atoms with Crippen LogP contribution in [0.15, 0.2) is 65.5 Å². The Morgan fingerprint density at radius 2 is 1.48 bits per heavy atom. The Morgan fingerprint density at radius 1 is 0.900 bits per heavy atom. The van der Waals surface area contributed by atoms with E-state index in [1.54, 1.807) is 29.2 Å². The van der Waals surface area contributed by atoms with Crippen molar-refractivity contribution in [2.75, 3.05) is 24.5 Å². The van der Waals surface area contributed by atoms with Crippen LogP contribution in [-0.2, 0) is 7.05 Å². The van der Waals surface area contributed by atoms with E-state index in [4.69, 9.17) is 0 Å². The number of benzene rings is 2. The zero-order chi connectivity index (χ0) is 28.7. The minimum absolute atomic E-state index is 0.0697. The molecule has 1 atom stereocenters. The average molecular weight is 549 g/mol. The molecule has 0 amide bonds. The fourth-order valence-electron chi connectivity index (χ4n) is 5.44. The van der Waals surface area contributed by atoms with Gasteiger partial charge in [-0.25, -0.2) is 23.4 Å². The molecule has 2 aromatic heterocycles. The second-order valence-electron chi connectivity index (χ2n) is 9.80. The zero-order valence-corrected chi connectivity index (χ0v) is 21.7. The Kier molecular flexibility index (Phi) is 7.07. The summed E-state index contributed by atoms with van der Waals surface area (Å²) in [6.45, 7) is 2.89. The molecular formula is C29H26F2N4O5. The first-order valence-electron chi connectivity index (χ1n) is 12.6. The number of piperazine rings is 1. The Balaban J connectivity index is 1.59. The topological polar surface area (TPSA) is 116 Å². The van der Waals surface area contributed by atoms with Gasteiger partial charge >= 0.3 is 11.9 Å². The third-order valence-electron chi connectivity index (χ3n) is 7.35. The SMILES string of the molecule is C[C@H]1CN(c2c(C(=O)O)c(=O)n(C)c3ccc(C(=O)O)nc23)CCN1C(c1ccc(F)cc1)c1ccc(F)cc1. The summed E-state index contributed by atoms with van der Waals surface area (Å²) in [5, 5.41) is 19.6. The van der Waals surface area contributed by atoms with Crippen LogP contribution in [0.2, 0.25) is 0 Å². The molecule has 3 heterocycles. The number of aryl methyl sites for hydroxylation is 1. The molecule has 5 rings (SSSR count). The fraction of sp³-hybridized carbons (Fsp3) is 0.241.